The Morgan fingerprint density at radius 2 is 2.05 bits per heavy atom. The van der Waals surface area contributed by atoms with Gasteiger partial charge in [0.15, 0.2) is 11.6 Å². The first-order valence-electron chi connectivity index (χ1n) is 6.50. The molecule has 0 bridgehead atoms. The van der Waals surface area contributed by atoms with E-state index in [2.05, 4.69) is 25.9 Å². The van der Waals surface area contributed by atoms with E-state index in [0.29, 0.717) is 19.0 Å². The number of hydrogen-bond acceptors (Lipinski definition) is 5. The average molecular weight is 284 g/mol. The average Bonchev–Trinajstić information content (AvgIpc) is 2.43. The number of hydrogen-bond donors (Lipinski definition) is 3. The lowest BCUT2D eigenvalue weighted by molar-refractivity contribution is 0.218. The molecule has 0 fully saturated rings. The highest BCUT2D eigenvalue weighted by Crippen LogP contribution is 2.11. The molecule has 1 rings (SSSR count). The second-order valence-electron chi connectivity index (χ2n) is 4.37. The monoisotopic (exact) mass is 284 g/mol. The van der Waals surface area contributed by atoms with E-state index in [1.807, 2.05) is 6.92 Å². The number of nitrogens with one attached hydrogen (secondary N) is 3. The quantitative estimate of drug-likeness (QED) is 0.654. The molecule has 1 aromatic heterocycles. The van der Waals surface area contributed by atoms with Crippen LogP contribution in [0.4, 0.5) is 21.0 Å². The van der Waals surface area contributed by atoms with Crippen molar-refractivity contribution in [2.75, 3.05) is 44.4 Å². The molecule has 1 heterocycles. The molecule has 0 unspecified atom stereocenters. The van der Waals surface area contributed by atoms with Crippen LogP contribution >= 0.6 is 0 Å². The van der Waals surface area contributed by atoms with E-state index in [-0.39, 0.29) is 11.8 Å². The molecular formula is C12H21FN6O. The molecule has 0 aliphatic carbocycles. The molecule has 0 spiro atoms. The van der Waals surface area contributed by atoms with Crippen LogP contribution in [-0.2, 0) is 0 Å². The van der Waals surface area contributed by atoms with Gasteiger partial charge in [0.05, 0.1) is 6.20 Å². The van der Waals surface area contributed by atoms with E-state index in [0.717, 1.165) is 19.2 Å². The number of aromatic nitrogens is 2. The first kappa shape index (κ1) is 15.9. The molecule has 0 atom stereocenters. The Balaban J connectivity index is 2.44. The molecule has 0 aliphatic heterocycles. The third-order valence-electron chi connectivity index (χ3n) is 2.38. The highest BCUT2D eigenvalue weighted by atomic mass is 19.1. The molecule has 0 radical (unpaired) electrons. The van der Waals surface area contributed by atoms with Gasteiger partial charge in [-0.25, -0.2) is 14.2 Å². The van der Waals surface area contributed by atoms with Gasteiger partial charge in [0.25, 0.3) is 0 Å². The summed E-state index contributed by atoms with van der Waals surface area (Å²) in [7, 11) is 3.30. The molecule has 0 saturated carbocycles. The van der Waals surface area contributed by atoms with Crippen molar-refractivity contribution < 1.29 is 9.18 Å². The summed E-state index contributed by atoms with van der Waals surface area (Å²) in [5.41, 5.74) is 0. The summed E-state index contributed by atoms with van der Waals surface area (Å²) in [6, 6.07) is -0.194. The van der Waals surface area contributed by atoms with Crippen molar-refractivity contribution in [2.24, 2.45) is 0 Å². The lowest BCUT2D eigenvalue weighted by Gasteiger charge is -2.13. The fourth-order valence-corrected chi connectivity index (χ4v) is 1.32. The first-order chi connectivity index (χ1) is 9.54. The van der Waals surface area contributed by atoms with Gasteiger partial charge in [0.1, 0.15) is 0 Å². The van der Waals surface area contributed by atoms with Crippen LogP contribution in [0.5, 0.6) is 0 Å². The van der Waals surface area contributed by atoms with Crippen molar-refractivity contribution in [3.8, 4) is 0 Å². The number of nitrogens with zero attached hydrogens (tertiary/aromatic N) is 3. The summed E-state index contributed by atoms with van der Waals surface area (Å²) >= 11 is 0. The zero-order valence-electron chi connectivity index (χ0n) is 12.0. The fourth-order valence-electron chi connectivity index (χ4n) is 1.32. The minimum absolute atomic E-state index is 0.123. The molecule has 0 aromatic carbocycles. The highest BCUT2D eigenvalue weighted by Gasteiger charge is 2.06. The molecule has 0 aliphatic rings. The number of carbonyl (C=O) groups excluding carboxylic acids is 1. The molecule has 2 amide bonds. The Morgan fingerprint density at radius 1 is 1.30 bits per heavy atom. The smallest absolute Gasteiger partial charge is 0.316 e. The number of amides is 2. The predicted octanol–water partition coefficient (Wildman–Crippen LogP) is 1.12. The summed E-state index contributed by atoms with van der Waals surface area (Å²) in [6.45, 7) is 3.49. The van der Waals surface area contributed by atoms with E-state index in [1.165, 1.54) is 4.90 Å². The summed E-state index contributed by atoms with van der Waals surface area (Å²) in [5, 5.41) is 8.47. The summed E-state index contributed by atoms with van der Waals surface area (Å²) < 4.78 is 13.5. The maximum absolute atomic E-state index is 13.5. The lowest BCUT2D eigenvalue weighted by Crippen LogP contribution is -2.37. The highest BCUT2D eigenvalue weighted by molar-refractivity contribution is 5.73. The standard InChI is InChI=1S/C12H21FN6O/c1-4-5-15-11-17-8-9(13)10(18-11)14-6-7-16-12(20)19(2)3/h8H,4-7H2,1-3H3,(H,16,20)(H2,14,15,17,18). The molecule has 0 saturated heterocycles. The van der Waals surface area contributed by atoms with Gasteiger partial charge in [0.2, 0.25) is 5.95 Å². The van der Waals surface area contributed by atoms with Gasteiger partial charge in [-0.3, -0.25) is 0 Å². The Kier molecular flexibility index (Phi) is 6.48. The summed E-state index contributed by atoms with van der Waals surface area (Å²) in [6.07, 6.45) is 2.05. The SMILES string of the molecule is CCCNc1ncc(F)c(NCCNC(=O)N(C)C)n1. The minimum Gasteiger partial charge on any atom is -0.366 e. The van der Waals surface area contributed by atoms with Gasteiger partial charge >= 0.3 is 6.03 Å². The molecule has 112 valence electrons. The fraction of sp³-hybridized carbons (Fsp3) is 0.583. The number of rotatable bonds is 7. The van der Waals surface area contributed by atoms with Gasteiger partial charge in [-0.1, -0.05) is 6.92 Å². The number of anilines is 2. The lowest BCUT2D eigenvalue weighted by atomic mass is 10.5. The van der Waals surface area contributed by atoms with Crippen LogP contribution < -0.4 is 16.0 Å². The minimum atomic E-state index is -0.522. The van der Waals surface area contributed by atoms with Gasteiger partial charge in [-0.15, -0.1) is 0 Å². The molecule has 8 heteroatoms. The van der Waals surface area contributed by atoms with Crippen molar-refractivity contribution in [3.63, 3.8) is 0 Å². The third kappa shape index (κ3) is 5.25. The zero-order valence-corrected chi connectivity index (χ0v) is 12.0. The van der Waals surface area contributed by atoms with Crippen molar-refractivity contribution >= 4 is 17.8 Å². The molecule has 20 heavy (non-hydrogen) atoms. The van der Waals surface area contributed by atoms with Gasteiger partial charge in [-0.2, -0.15) is 4.98 Å². The van der Waals surface area contributed by atoms with Gasteiger partial charge in [0, 0.05) is 33.7 Å². The Morgan fingerprint density at radius 3 is 2.70 bits per heavy atom. The maximum atomic E-state index is 13.5. The summed E-state index contributed by atoms with van der Waals surface area (Å²) in [5.74, 6) is -0.0169. The van der Waals surface area contributed by atoms with Crippen LogP contribution in [-0.4, -0.2) is 54.6 Å². The van der Waals surface area contributed by atoms with Crippen LogP contribution in [0.1, 0.15) is 13.3 Å². The van der Waals surface area contributed by atoms with Crippen molar-refractivity contribution in [2.45, 2.75) is 13.3 Å². The number of halogens is 1. The van der Waals surface area contributed by atoms with Gasteiger partial charge < -0.3 is 20.9 Å². The summed E-state index contributed by atoms with van der Waals surface area (Å²) in [4.78, 5) is 20.6. The van der Waals surface area contributed by atoms with Crippen LogP contribution in [0.2, 0.25) is 0 Å². The molecule has 3 N–H and O–H groups in total. The number of urea groups is 1. The molecule has 7 nitrogen and oxygen atoms in total. The van der Waals surface area contributed by atoms with Crippen LogP contribution in [0, 0.1) is 5.82 Å². The van der Waals surface area contributed by atoms with E-state index in [9.17, 15) is 9.18 Å². The van der Waals surface area contributed by atoms with Crippen LogP contribution in [0.3, 0.4) is 0 Å². The van der Waals surface area contributed by atoms with E-state index < -0.39 is 5.82 Å². The second kappa shape index (κ2) is 8.13. The van der Waals surface area contributed by atoms with Crippen LogP contribution in [0.25, 0.3) is 0 Å². The topological polar surface area (TPSA) is 82.2 Å². The van der Waals surface area contributed by atoms with Crippen molar-refractivity contribution in [1.29, 1.82) is 0 Å². The molecule has 1 aromatic rings. The first-order valence-corrected chi connectivity index (χ1v) is 6.50. The van der Waals surface area contributed by atoms with Crippen molar-refractivity contribution in [3.05, 3.63) is 12.0 Å². The third-order valence-corrected chi connectivity index (χ3v) is 2.38. The largest absolute Gasteiger partial charge is 0.366 e. The second-order valence-corrected chi connectivity index (χ2v) is 4.37. The normalized spacial score (nSPS) is 10.0. The Bertz CT molecular complexity index is 440. The Labute approximate surface area is 118 Å². The van der Waals surface area contributed by atoms with Crippen molar-refractivity contribution in [1.82, 2.24) is 20.2 Å². The molecular weight excluding hydrogens is 263 g/mol. The predicted molar refractivity (Wildman–Crippen MR) is 76.3 cm³/mol. The van der Waals surface area contributed by atoms with Crippen LogP contribution in [0.15, 0.2) is 6.20 Å². The van der Waals surface area contributed by atoms with Gasteiger partial charge in [-0.05, 0) is 6.42 Å². The van der Waals surface area contributed by atoms with E-state index >= 15 is 0 Å². The van der Waals surface area contributed by atoms with E-state index in [4.69, 9.17) is 0 Å². The zero-order chi connectivity index (χ0) is 15.0. The number of carbonyl (C=O) groups is 1. The Hall–Kier alpha value is -2.12. The maximum Gasteiger partial charge on any atom is 0.316 e. The van der Waals surface area contributed by atoms with E-state index in [1.54, 1.807) is 14.1 Å².